The summed E-state index contributed by atoms with van der Waals surface area (Å²) in [7, 11) is 0. The lowest BCUT2D eigenvalue weighted by atomic mass is 10.0. The van der Waals surface area contributed by atoms with E-state index in [4.69, 9.17) is 21.1 Å². The maximum atomic E-state index is 13.0. The van der Waals surface area contributed by atoms with E-state index in [9.17, 15) is 14.0 Å². The zero-order chi connectivity index (χ0) is 15.3. The fourth-order valence-electron chi connectivity index (χ4n) is 1.53. The van der Waals surface area contributed by atoms with Crippen molar-refractivity contribution in [1.29, 1.82) is 0 Å². The average Bonchev–Trinajstić information content (AvgIpc) is 2.35. The van der Waals surface area contributed by atoms with E-state index in [0.717, 1.165) is 12.1 Å². The molecule has 1 atom stereocenters. The number of rotatable bonds is 5. The SMILES string of the molecule is C=C(C(=O)OCC)C(OC(C)=O)c1ccc(F)cc1Cl. The molecule has 1 aromatic rings. The number of benzene rings is 1. The third kappa shape index (κ3) is 4.06. The summed E-state index contributed by atoms with van der Waals surface area (Å²) < 4.78 is 22.9. The Bertz CT molecular complexity index is 542. The normalized spacial score (nSPS) is 11.6. The van der Waals surface area contributed by atoms with Crippen molar-refractivity contribution >= 4 is 23.5 Å². The van der Waals surface area contributed by atoms with E-state index >= 15 is 0 Å². The summed E-state index contributed by atoms with van der Waals surface area (Å²) in [5, 5.41) is 0.0294. The van der Waals surface area contributed by atoms with Gasteiger partial charge in [0.2, 0.25) is 0 Å². The van der Waals surface area contributed by atoms with Gasteiger partial charge in [0.15, 0.2) is 6.10 Å². The van der Waals surface area contributed by atoms with Gasteiger partial charge in [0.05, 0.1) is 17.2 Å². The minimum absolute atomic E-state index is 0.0294. The molecular formula is C14H14ClFO4. The fraction of sp³-hybridized carbons (Fsp3) is 0.286. The maximum absolute atomic E-state index is 13.0. The van der Waals surface area contributed by atoms with Crippen molar-refractivity contribution < 1.29 is 23.5 Å². The molecule has 0 amide bonds. The maximum Gasteiger partial charge on any atom is 0.337 e. The monoisotopic (exact) mass is 300 g/mol. The summed E-state index contributed by atoms with van der Waals surface area (Å²) in [6.45, 7) is 6.54. The van der Waals surface area contributed by atoms with Gasteiger partial charge in [-0.2, -0.15) is 0 Å². The molecular weight excluding hydrogens is 287 g/mol. The van der Waals surface area contributed by atoms with E-state index < -0.39 is 23.9 Å². The van der Waals surface area contributed by atoms with Crippen molar-refractivity contribution in [1.82, 2.24) is 0 Å². The van der Waals surface area contributed by atoms with Crippen LogP contribution in [0.1, 0.15) is 25.5 Å². The molecule has 0 aliphatic rings. The molecule has 0 saturated carbocycles. The second kappa shape index (κ2) is 7.05. The number of hydrogen-bond donors (Lipinski definition) is 0. The highest BCUT2D eigenvalue weighted by atomic mass is 35.5. The standard InChI is InChI=1S/C14H14ClFO4/c1-4-19-14(18)8(2)13(20-9(3)17)11-6-5-10(16)7-12(11)15/h5-7,13H,2,4H2,1,3H3. The number of carbonyl (C=O) groups is 2. The molecule has 1 aromatic carbocycles. The first-order valence-corrected chi connectivity index (χ1v) is 6.22. The highest BCUT2D eigenvalue weighted by Crippen LogP contribution is 2.32. The molecule has 1 unspecified atom stereocenters. The van der Waals surface area contributed by atoms with Gasteiger partial charge in [0, 0.05) is 12.5 Å². The molecule has 0 spiro atoms. The first-order chi connectivity index (χ1) is 9.36. The van der Waals surface area contributed by atoms with Crippen LogP contribution >= 0.6 is 11.6 Å². The van der Waals surface area contributed by atoms with Crippen LogP contribution in [0.4, 0.5) is 4.39 Å². The Labute approximate surface area is 121 Å². The number of hydrogen-bond acceptors (Lipinski definition) is 4. The van der Waals surface area contributed by atoms with Gasteiger partial charge in [0.25, 0.3) is 0 Å². The largest absolute Gasteiger partial charge is 0.463 e. The minimum Gasteiger partial charge on any atom is -0.463 e. The average molecular weight is 301 g/mol. The summed E-state index contributed by atoms with van der Waals surface area (Å²) in [5.74, 6) is -1.87. The van der Waals surface area contributed by atoms with Gasteiger partial charge in [-0.25, -0.2) is 9.18 Å². The highest BCUT2D eigenvalue weighted by molar-refractivity contribution is 6.31. The van der Waals surface area contributed by atoms with Crippen molar-refractivity contribution in [2.24, 2.45) is 0 Å². The van der Waals surface area contributed by atoms with Crippen molar-refractivity contribution in [3.63, 3.8) is 0 Å². The smallest absolute Gasteiger partial charge is 0.337 e. The van der Waals surface area contributed by atoms with Crippen molar-refractivity contribution in [2.75, 3.05) is 6.61 Å². The van der Waals surface area contributed by atoms with E-state index in [1.54, 1.807) is 6.92 Å². The van der Waals surface area contributed by atoms with Gasteiger partial charge in [-0.15, -0.1) is 0 Å². The first kappa shape index (κ1) is 16.2. The molecule has 1 rings (SSSR count). The second-order valence-electron chi connectivity index (χ2n) is 3.90. The fourth-order valence-corrected chi connectivity index (χ4v) is 1.80. The molecule has 0 N–H and O–H groups in total. The summed E-state index contributed by atoms with van der Waals surface area (Å²) >= 11 is 5.91. The van der Waals surface area contributed by atoms with Crippen LogP contribution in [0.5, 0.6) is 0 Å². The van der Waals surface area contributed by atoms with Gasteiger partial charge in [0.1, 0.15) is 5.82 Å². The Morgan fingerprint density at radius 2 is 2.10 bits per heavy atom. The van der Waals surface area contributed by atoms with E-state index in [0.29, 0.717) is 0 Å². The van der Waals surface area contributed by atoms with Gasteiger partial charge in [-0.3, -0.25) is 4.79 Å². The molecule has 0 fully saturated rings. The number of esters is 2. The van der Waals surface area contributed by atoms with E-state index in [-0.39, 0.29) is 22.8 Å². The lowest BCUT2D eigenvalue weighted by Crippen LogP contribution is -2.18. The van der Waals surface area contributed by atoms with Gasteiger partial charge < -0.3 is 9.47 Å². The molecule has 0 heterocycles. The molecule has 0 aliphatic heterocycles. The quantitative estimate of drug-likeness (QED) is 0.619. The van der Waals surface area contributed by atoms with Crippen LogP contribution in [0.15, 0.2) is 30.4 Å². The molecule has 0 aliphatic carbocycles. The molecule has 20 heavy (non-hydrogen) atoms. The minimum atomic E-state index is -1.11. The van der Waals surface area contributed by atoms with Gasteiger partial charge in [-0.1, -0.05) is 24.2 Å². The van der Waals surface area contributed by atoms with E-state index in [1.165, 1.54) is 13.0 Å². The number of carbonyl (C=O) groups excluding carboxylic acids is 2. The van der Waals surface area contributed by atoms with Crippen LogP contribution in [0.2, 0.25) is 5.02 Å². The summed E-state index contributed by atoms with van der Waals surface area (Å²) in [6.07, 6.45) is -1.11. The van der Waals surface area contributed by atoms with Gasteiger partial charge in [-0.05, 0) is 19.1 Å². The molecule has 0 aromatic heterocycles. The zero-order valence-electron chi connectivity index (χ0n) is 11.1. The Kier molecular flexibility index (Phi) is 5.70. The highest BCUT2D eigenvalue weighted by Gasteiger charge is 2.27. The van der Waals surface area contributed by atoms with Crippen molar-refractivity contribution in [3.8, 4) is 0 Å². The summed E-state index contributed by atoms with van der Waals surface area (Å²) in [4.78, 5) is 22.8. The molecule has 4 nitrogen and oxygen atoms in total. The van der Waals surface area contributed by atoms with Crippen LogP contribution < -0.4 is 0 Å². The topological polar surface area (TPSA) is 52.6 Å². The first-order valence-electron chi connectivity index (χ1n) is 5.84. The van der Waals surface area contributed by atoms with E-state index in [2.05, 4.69) is 6.58 Å². The van der Waals surface area contributed by atoms with Crippen LogP contribution in [0, 0.1) is 5.82 Å². The molecule has 108 valence electrons. The summed E-state index contributed by atoms with van der Waals surface area (Å²) in [6, 6.07) is 3.54. The lowest BCUT2D eigenvalue weighted by molar-refractivity contribution is -0.147. The third-order valence-electron chi connectivity index (χ3n) is 2.38. The Hall–Kier alpha value is -1.88. The molecule has 0 saturated heterocycles. The third-order valence-corrected chi connectivity index (χ3v) is 2.71. The van der Waals surface area contributed by atoms with Crippen LogP contribution in [-0.4, -0.2) is 18.5 Å². The van der Waals surface area contributed by atoms with Crippen molar-refractivity contribution in [2.45, 2.75) is 20.0 Å². The lowest BCUT2D eigenvalue weighted by Gasteiger charge is -2.19. The summed E-state index contributed by atoms with van der Waals surface area (Å²) in [5.41, 5.74) is 0.178. The zero-order valence-corrected chi connectivity index (χ0v) is 11.9. The number of halogens is 2. The Morgan fingerprint density at radius 3 is 2.60 bits per heavy atom. The second-order valence-corrected chi connectivity index (χ2v) is 4.31. The van der Waals surface area contributed by atoms with Crippen molar-refractivity contribution in [3.05, 3.63) is 46.8 Å². The Morgan fingerprint density at radius 1 is 1.45 bits per heavy atom. The predicted molar refractivity (Wildman–Crippen MR) is 71.7 cm³/mol. The van der Waals surface area contributed by atoms with Crippen LogP contribution in [-0.2, 0) is 19.1 Å². The molecule has 6 heteroatoms. The van der Waals surface area contributed by atoms with Gasteiger partial charge >= 0.3 is 11.9 Å². The number of ether oxygens (including phenoxy) is 2. The molecule has 0 bridgehead atoms. The predicted octanol–water partition coefficient (Wildman–Crippen LogP) is 3.20. The van der Waals surface area contributed by atoms with E-state index in [1.807, 2.05) is 0 Å². The molecule has 0 radical (unpaired) electrons. The van der Waals surface area contributed by atoms with Crippen LogP contribution in [0.25, 0.3) is 0 Å². The Balaban J connectivity index is 3.14. The van der Waals surface area contributed by atoms with Crippen LogP contribution in [0.3, 0.4) is 0 Å².